The van der Waals surface area contributed by atoms with Gasteiger partial charge >= 0.3 is 5.97 Å². The molecule has 1 amide bonds. The van der Waals surface area contributed by atoms with Crippen molar-refractivity contribution in [3.05, 3.63) is 77.1 Å². The van der Waals surface area contributed by atoms with Crippen LogP contribution in [0.2, 0.25) is 0 Å². The lowest BCUT2D eigenvalue weighted by Crippen LogP contribution is -2.41. The van der Waals surface area contributed by atoms with Crippen LogP contribution < -0.4 is 0 Å². The Kier molecular flexibility index (Phi) is 4.96. The fourth-order valence-electron chi connectivity index (χ4n) is 4.39. The van der Waals surface area contributed by atoms with Gasteiger partial charge in [-0.15, -0.1) is 0 Å². The van der Waals surface area contributed by atoms with E-state index in [-0.39, 0.29) is 23.1 Å². The molecule has 0 bridgehead atoms. The van der Waals surface area contributed by atoms with E-state index in [4.69, 9.17) is 5.11 Å². The van der Waals surface area contributed by atoms with Gasteiger partial charge in [-0.05, 0) is 49.7 Å². The van der Waals surface area contributed by atoms with Crippen LogP contribution in [0.1, 0.15) is 52.1 Å². The van der Waals surface area contributed by atoms with Gasteiger partial charge in [0, 0.05) is 42.3 Å². The number of rotatable bonds is 4. The van der Waals surface area contributed by atoms with Crippen molar-refractivity contribution in [3.8, 4) is 11.3 Å². The van der Waals surface area contributed by atoms with Crippen LogP contribution in [0, 0.1) is 5.82 Å². The zero-order chi connectivity index (χ0) is 23.3. The molecular formula is C24H22FN5O3. The minimum absolute atomic E-state index is 0.0772. The van der Waals surface area contributed by atoms with Gasteiger partial charge in [0.15, 0.2) is 5.65 Å². The third-order valence-electron chi connectivity index (χ3n) is 6.18. The molecule has 0 saturated heterocycles. The smallest absolute Gasteiger partial charge is 0.335 e. The van der Waals surface area contributed by atoms with E-state index in [1.807, 2.05) is 37.1 Å². The summed E-state index contributed by atoms with van der Waals surface area (Å²) in [6.45, 7) is 5.26. The van der Waals surface area contributed by atoms with Crippen LogP contribution in [0.4, 0.5) is 4.39 Å². The van der Waals surface area contributed by atoms with Crippen LogP contribution in [0.15, 0.2) is 48.7 Å². The Balaban J connectivity index is 1.53. The van der Waals surface area contributed by atoms with Crippen molar-refractivity contribution in [3.63, 3.8) is 0 Å². The molecule has 3 aromatic heterocycles. The number of benzene rings is 1. The zero-order valence-corrected chi connectivity index (χ0v) is 18.2. The van der Waals surface area contributed by atoms with Gasteiger partial charge in [0.1, 0.15) is 11.5 Å². The quantitative estimate of drug-likeness (QED) is 0.514. The summed E-state index contributed by atoms with van der Waals surface area (Å²) in [4.78, 5) is 30.9. The molecule has 8 nitrogen and oxygen atoms in total. The second-order valence-electron chi connectivity index (χ2n) is 8.09. The van der Waals surface area contributed by atoms with E-state index < -0.39 is 11.8 Å². The minimum Gasteiger partial charge on any atom is -0.478 e. The maximum atomic E-state index is 14.6. The molecule has 0 saturated carbocycles. The van der Waals surface area contributed by atoms with Crippen LogP contribution in [-0.2, 0) is 13.0 Å². The second kappa shape index (κ2) is 7.84. The molecule has 5 rings (SSSR count). The van der Waals surface area contributed by atoms with Crippen molar-refractivity contribution in [1.29, 1.82) is 0 Å². The van der Waals surface area contributed by atoms with Crippen molar-refractivity contribution in [1.82, 2.24) is 24.1 Å². The normalized spacial score (nSPS) is 15.6. The fraction of sp³-hybridized carbons (Fsp3) is 0.250. The zero-order valence-electron chi connectivity index (χ0n) is 18.2. The first kappa shape index (κ1) is 20.9. The molecular weight excluding hydrogens is 425 g/mol. The first-order valence-corrected chi connectivity index (χ1v) is 10.8. The summed E-state index contributed by atoms with van der Waals surface area (Å²) in [7, 11) is 0. The molecule has 0 radical (unpaired) electrons. The van der Waals surface area contributed by atoms with Crippen molar-refractivity contribution in [2.45, 2.75) is 32.9 Å². The van der Waals surface area contributed by atoms with Crippen molar-refractivity contribution in [2.24, 2.45) is 0 Å². The van der Waals surface area contributed by atoms with Gasteiger partial charge in [-0.3, -0.25) is 4.79 Å². The van der Waals surface area contributed by atoms with E-state index in [1.54, 1.807) is 16.6 Å². The number of hydrogen-bond acceptors (Lipinski definition) is 4. The van der Waals surface area contributed by atoms with E-state index in [0.717, 1.165) is 24.0 Å². The summed E-state index contributed by atoms with van der Waals surface area (Å²) in [5.41, 5.74) is 2.96. The number of aryl methyl sites for hydroxylation is 1. The highest BCUT2D eigenvalue weighted by Crippen LogP contribution is 2.28. The molecule has 0 fully saturated rings. The highest BCUT2D eigenvalue weighted by Gasteiger charge is 2.29. The summed E-state index contributed by atoms with van der Waals surface area (Å²) in [6, 6.07) is 11.0. The number of carbonyl (C=O) groups excluding carboxylic acids is 1. The van der Waals surface area contributed by atoms with Crippen molar-refractivity contribution in [2.75, 3.05) is 6.54 Å². The van der Waals surface area contributed by atoms with Gasteiger partial charge in [-0.2, -0.15) is 5.10 Å². The van der Waals surface area contributed by atoms with E-state index in [0.29, 0.717) is 30.0 Å². The number of aromatic carboxylic acids is 1. The standard InChI is InChI=1S/C24H22FN5O3/c1-3-16-12-20(23(31)29-10-9-28-8-4-5-21(28)14(29)2)26-22-13-19(27-30(16)22)17-7-6-15(24(32)33)11-18(17)25/h4-8,11-14H,3,9-10H2,1-2H3,(H,32,33). The van der Waals surface area contributed by atoms with Gasteiger partial charge in [0.25, 0.3) is 5.91 Å². The van der Waals surface area contributed by atoms with Crippen LogP contribution in [0.3, 0.4) is 0 Å². The number of halogens is 1. The van der Waals surface area contributed by atoms with E-state index >= 15 is 0 Å². The first-order chi connectivity index (χ1) is 15.9. The van der Waals surface area contributed by atoms with Gasteiger partial charge in [-0.25, -0.2) is 18.7 Å². The molecule has 0 spiro atoms. The monoisotopic (exact) mass is 447 g/mol. The van der Waals surface area contributed by atoms with E-state index in [9.17, 15) is 14.0 Å². The fourth-order valence-corrected chi connectivity index (χ4v) is 4.39. The van der Waals surface area contributed by atoms with Gasteiger partial charge < -0.3 is 14.6 Å². The Morgan fingerprint density at radius 2 is 2.00 bits per heavy atom. The topological polar surface area (TPSA) is 92.7 Å². The Labute approximate surface area is 188 Å². The summed E-state index contributed by atoms with van der Waals surface area (Å²) in [5, 5.41) is 13.5. The second-order valence-corrected chi connectivity index (χ2v) is 8.09. The Morgan fingerprint density at radius 3 is 2.73 bits per heavy atom. The maximum Gasteiger partial charge on any atom is 0.335 e. The lowest BCUT2D eigenvalue weighted by Gasteiger charge is -2.34. The third-order valence-corrected chi connectivity index (χ3v) is 6.18. The molecule has 1 atom stereocenters. The molecule has 4 heterocycles. The minimum atomic E-state index is -1.20. The molecule has 0 aliphatic carbocycles. The highest BCUT2D eigenvalue weighted by molar-refractivity contribution is 5.93. The average Bonchev–Trinajstić information content (AvgIpc) is 3.45. The number of carbonyl (C=O) groups is 2. The largest absolute Gasteiger partial charge is 0.478 e. The summed E-state index contributed by atoms with van der Waals surface area (Å²) in [5.74, 6) is -2.04. The molecule has 9 heteroatoms. The SMILES string of the molecule is CCc1cc(C(=O)N2CCn3cccc3C2C)nc2cc(-c3ccc(C(=O)O)cc3F)nn12. The van der Waals surface area contributed by atoms with Crippen LogP contribution in [-0.4, -0.2) is 47.6 Å². The molecule has 1 aliphatic heterocycles. The predicted octanol–water partition coefficient (Wildman–Crippen LogP) is 3.81. The highest BCUT2D eigenvalue weighted by atomic mass is 19.1. The van der Waals surface area contributed by atoms with Crippen LogP contribution >= 0.6 is 0 Å². The van der Waals surface area contributed by atoms with Crippen molar-refractivity contribution < 1.29 is 19.1 Å². The Hall–Kier alpha value is -4.01. The van der Waals surface area contributed by atoms with Crippen molar-refractivity contribution >= 4 is 17.5 Å². The summed E-state index contributed by atoms with van der Waals surface area (Å²) in [6.07, 6.45) is 2.61. The molecule has 4 aromatic rings. The van der Waals surface area contributed by atoms with Crippen LogP contribution in [0.25, 0.3) is 16.9 Å². The Bertz CT molecular complexity index is 1410. The number of fused-ring (bicyclic) bond motifs is 2. The number of carboxylic acid groups (broad SMARTS) is 1. The number of aromatic nitrogens is 4. The summed E-state index contributed by atoms with van der Waals surface area (Å²) >= 11 is 0. The average molecular weight is 447 g/mol. The van der Waals surface area contributed by atoms with E-state index in [2.05, 4.69) is 14.6 Å². The van der Waals surface area contributed by atoms with Gasteiger partial charge in [0.2, 0.25) is 0 Å². The number of amides is 1. The van der Waals surface area contributed by atoms with Gasteiger partial charge in [0.05, 0.1) is 17.3 Å². The Morgan fingerprint density at radius 1 is 1.18 bits per heavy atom. The lowest BCUT2D eigenvalue weighted by atomic mass is 10.1. The number of carboxylic acids is 1. The molecule has 33 heavy (non-hydrogen) atoms. The molecule has 1 N–H and O–H groups in total. The van der Waals surface area contributed by atoms with Gasteiger partial charge in [-0.1, -0.05) is 6.92 Å². The summed E-state index contributed by atoms with van der Waals surface area (Å²) < 4.78 is 18.3. The lowest BCUT2D eigenvalue weighted by molar-refractivity contribution is 0.0636. The molecule has 1 aromatic carbocycles. The number of nitrogens with zero attached hydrogens (tertiary/aromatic N) is 5. The number of hydrogen-bond donors (Lipinski definition) is 1. The van der Waals surface area contributed by atoms with Crippen LogP contribution in [0.5, 0.6) is 0 Å². The predicted molar refractivity (Wildman–Crippen MR) is 119 cm³/mol. The van der Waals surface area contributed by atoms with E-state index in [1.165, 1.54) is 12.1 Å². The third kappa shape index (κ3) is 3.45. The maximum absolute atomic E-state index is 14.6. The molecule has 1 aliphatic rings. The first-order valence-electron chi connectivity index (χ1n) is 10.8. The molecule has 168 valence electrons. The molecule has 1 unspecified atom stereocenters.